The Morgan fingerprint density at radius 2 is 1.13 bits per heavy atom. The van der Waals surface area contributed by atoms with E-state index in [1.54, 1.807) is 24.3 Å². The number of thiol groups is 2. The molecule has 0 fully saturated rings. The van der Waals surface area contributed by atoms with Crippen LogP contribution in [0.4, 0.5) is 13.2 Å². The minimum absolute atomic E-state index is 0.0462. The van der Waals surface area contributed by atoms with Crippen molar-refractivity contribution in [2.24, 2.45) is 0 Å². The van der Waals surface area contributed by atoms with Gasteiger partial charge in [0.2, 0.25) is 0 Å². The van der Waals surface area contributed by atoms with E-state index in [0.717, 1.165) is 17.7 Å². The Balaban J connectivity index is 2.34. The van der Waals surface area contributed by atoms with E-state index in [0.29, 0.717) is 20.9 Å². The fraction of sp³-hybridized carbons (Fsp3) is 0.118. The van der Waals surface area contributed by atoms with Gasteiger partial charge < -0.3 is 0 Å². The highest BCUT2D eigenvalue weighted by molar-refractivity contribution is 7.96. The lowest BCUT2D eigenvalue weighted by Crippen LogP contribution is -2.04. The van der Waals surface area contributed by atoms with Gasteiger partial charge in [0.05, 0.1) is 5.56 Å². The van der Waals surface area contributed by atoms with E-state index in [9.17, 15) is 18.0 Å². The molecule has 0 saturated heterocycles. The van der Waals surface area contributed by atoms with E-state index in [1.165, 1.54) is 19.1 Å². The molecule has 0 bridgehead atoms. The van der Waals surface area contributed by atoms with Crippen molar-refractivity contribution in [1.29, 1.82) is 0 Å². The maximum Gasteiger partial charge on any atom is 0.416 e. The summed E-state index contributed by atoms with van der Waals surface area (Å²) in [6, 6.07) is 11.5. The predicted molar refractivity (Wildman–Crippen MR) is 92.7 cm³/mol. The van der Waals surface area contributed by atoms with Gasteiger partial charge in [0.25, 0.3) is 0 Å². The van der Waals surface area contributed by atoms with Crippen molar-refractivity contribution in [3.05, 3.63) is 70.8 Å². The minimum Gasteiger partial charge on any atom is -0.295 e. The molecule has 0 spiro atoms. The standard InChI is InChI=1S/C17H13F3OS2/c1-10(21)11-2-4-12(5-3-11)15(22)16(23)13-6-8-14(9-7-13)17(18,19)20/h2-9,22-23H,1H3. The minimum atomic E-state index is -4.37. The first kappa shape index (κ1) is 17.7. The van der Waals surface area contributed by atoms with Gasteiger partial charge in [-0.05, 0) is 30.2 Å². The molecule has 0 aliphatic carbocycles. The first-order valence-electron chi connectivity index (χ1n) is 6.61. The maximum absolute atomic E-state index is 12.6. The maximum atomic E-state index is 12.6. The third-order valence-corrected chi connectivity index (χ3v) is 4.41. The predicted octanol–water partition coefficient (Wildman–Crippen LogP) is 5.59. The highest BCUT2D eigenvalue weighted by atomic mass is 32.1. The van der Waals surface area contributed by atoms with Crippen molar-refractivity contribution < 1.29 is 18.0 Å². The van der Waals surface area contributed by atoms with Crippen LogP contribution in [0.1, 0.15) is 34.0 Å². The summed E-state index contributed by atoms with van der Waals surface area (Å²) in [7, 11) is 0. The summed E-state index contributed by atoms with van der Waals surface area (Å²) in [4.78, 5) is 12.2. The third-order valence-electron chi connectivity index (χ3n) is 3.27. The van der Waals surface area contributed by atoms with Gasteiger partial charge in [-0.15, -0.1) is 25.3 Å². The molecule has 0 N–H and O–H groups in total. The number of ketones is 1. The average molecular weight is 354 g/mol. The van der Waals surface area contributed by atoms with Crippen LogP contribution in [0.5, 0.6) is 0 Å². The molecule has 2 aromatic carbocycles. The first-order valence-corrected chi connectivity index (χ1v) is 7.51. The Kier molecular flexibility index (Phi) is 5.26. The molecule has 0 amide bonds. The summed E-state index contributed by atoms with van der Waals surface area (Å²) < 4.78 is 37.7. The largest absolute Gasteiger partial charge is 0.416 e. The van der Waals surface area contributed by atoms with Crippen molar-refractivity contribution >= 4 is 40.9 Å². The zero-order chi connectivity index (χ0) is 17.2. The van der Waals surface area contributed by atoms with Crippen molar-refractivity contribution in [2.75, 3.05) is 0 Å². The molecular weight excluding hydrogens is 341 g/mol. The SMILES string of the molecule is CC(=O)c1ccc(C(S)=C(S)c2ccc(C(F)(F)F)cc2)cc1. The molecule has 6 heteroatoms. The van der Waals surface area contributed by atoms with E-state index in [4.69, 9.17) is 0 Å². The van der Waals surface area contributed by atoms with Crippen molar-refractivity contribution in [2.45, 2.75) is 13.1 Å². The van der Waals surface area contributed by atoms with Gasteiger partial charge in [-0.1, -0.05) is 36.4 Å². The number of halogens is 3. The first-order chi connectivity index (χ1) is 10.7. The molecule has 2 rings (SSSR count). The van der Waals surface area contributed by atoms with Gasteiger partial charge in [0.15, 0.2) is 5.78 Å². The van der Waals surface area contributed by atoms with Crippen LogP contribution in [0.25, 0.3) is 9.81 Å². The molecule has 0 aliphatic rings. The molecule has 1 nitrogen and oxygen atoms in total. The Morgan fingerprint density at radius 1 is 0.783 bits per heavy atom. The van der Waals surface area contributed by atoms with Crippen LogP contribution in [-0.2, 0) is 6.18 Å². The lowest BCUT2D eigenvalue weighted by atomic mass is 10.1. The Morgan fingerprint density at radius 3 is 1.48 bits per heavy atom. The number of carbonyl (C=O) groups is 1. The van der Waals surface area contributed by atoms with Gasteiger partial charge in [-0.3, -0.25) is 4.79 Å². The lowest BCUT2D eigenvalue weighted by molar-refractivity contribution is -0.137. The summed E-state index contributed by atoms with van der Waals surface area (Å²) >= 11 is 8.75. The summed E-state index contributed by atoms with van der Waals surface area (Å²) in [5, 5.41) is 0. The number of benzene rings is 2. The number of hydrogen-bond acceptors (Lipinski definition) is 3. The third kappa shape index (κ3) is 4.20. The molecule has 0 heterocycles. The van der Waals surface area contributed by atoms with Crippen LogP contribution >= 0.6 is 25.3 Å². The van der Waals surface area contributed by atoms with E-state index in [2.05, 4.69) is 25.3 Å². The van der Waals surface area contributed by atoms with Crippen LogP contribution < -0.4 is 0 Å². The quantitative estimate of drug-likeness (QED) is 0.417. The van der Waals surface area contributed by atoms with Crippen molar-refractivity contribution in [1.82, 2.24) is 0 Å². The summed E-state index contributed by atoms with van der Waals surface area (Å²) in [6.07, 6.45) is -4.37. The van der Waals surface area contributed by atoms with Gasteiger partial charge in [0.1, 0.15) is 0 Å². The molecular formula is C17H13F3OS2. The molecule has 0 atom stereocenters. The molecule has 2 aromatic rings. The number of rotatable bonds is 3. The number of Topliss-reactive ketones (excluding diaryl/α,β-unsaturated/α-hetero) is 1. The van der Waals surface area contributed by atoms with Crippen LogP contribution in [-0.4, -0.2) is 5.78 Å². The fourth-order valence-corrected chi connectivity index (χ4v) is 2.51. The van der Waals surface area contributed by atoms with Gasteiger partial charge in [-0.25, -0.2) is 0 Å². The summed E-state index contributed by atoms with van der Waals surface area (Å²) in [5.41, 5.74) is 1.12. The number of alkyl halides is 3. The smallest absolute Gasteiger partial charge is 0.295 e. The molecule has 23 heavy (non-hydrogen) atoms. The lowest BCUT2D eigenvalue weighted by Gasteiger charge is -2.10. The van der Waals surface area contributed by atoms with E-state index < -0.39 is 11.7 Å². The fourth-order valence-electron chi connectivity index (χ4n) is 1.95. The zero-order valence-electron chi connectivity index (χ0n) is 12.1. The molecule has 0 aromatic heterocycles. The number of hydrogen-bond donors (Lipinski definition) is 2. The van der Waals surface area contributed by atoms with Gasteiger partial charge in [-0.2, -0.15) is 13.2 Å². The highest BCUT2D eigenvalue weighted by Crippen LogP contribution is 2.34. The second kappa shape index (κ2) is 6.84. The number of carbonyl (C=O) groups excluding carboxylic acids is 1. The second-order valence-corrected chi connectivity index (χ2v) is 5.80. The second-order valence-electron chi connectivity index (χ2n) is 4.91. The van der Waals surface area contributed by atoms with Crippen LogP contribution in [0.15, 0.2) is 48.5 Å². The molecule has 0 saturated carbocycles. The van der Waals surface area contributed by atoms with Crippen LogP contribution in [0.3, 0.4) is 0 Å². The Hall–Kier alpha value is -1.66. The molecule has 120 valence electrons. The van der Waals surface area contributed by atoms with Gasteiger partial charge in [0, 0.05) is 15.4 Å². The van der Waals surface area contributed by atoms with E-state index in [1.807, 2.05) is 0 Å². The average Bonchev–Trinajstić information content (AvgIpc) is 2.53. The normalized spacial score (nSPS) is 12.8. The van der Waals surface area contributed by atoms with E-state index in [-0.39, 0.29) is 5.78 Å². The Bertz CT molecular complexity index is 745. The van der Waals surface area contributed by atoms with Crippen LogP contribution in [0, 0.1) is 0 Å². The summed E-state index contributed by atoms with van der Waals surface area (Å²) in [5.74, 6) is -0.0462. The molecule has 0 aliphatic heterocycles. The Labute approximate surface area is 143 Å². The summed E-state index contributed by atoms with van der Waals surface area (Å²) in [6.45, 7) is 1.47. The highest BCUT2D eigenvalue weighted by Gasteiger charge is 2.30. The van der Waals surface area contributed by atoms with Gasteiger partial charge >= 0.3 is 6.18 Å². The van der Waals surface area contributed by atoms with E-state index >= 15 is 0 Å². The van der Waals surface area contributed by atoms with Crippen LogP contribution in [0.2, 0.25) is 0 Å². The monoisotopic (exact) mass is 354 g/mol. The molecule has 0 unspecified atom stereocenters. The zero-order valence-corrected chi connectivity index (χ0v) is 13.8. The van der Waals surface area contributed by atoms with Crippen molar-refractivity contribution in [3.63, 3.8) is 0 Å². The molecule has 0 radical (unpaired) electrons. The van der Waals surface area contributed by atoms with Crippen molar-refractivity contribution in [3.8, 4) is 0 Å². The topological polar surface area (TPSA) is 17.1 Å².